The number of halogens is 3. The number of hydrogen-bond donors (Lipinski definition) is 1. The van der Waals surface area contributed by atoms with Crippen LogP contribution in [0.3, 0.4) is 0 Å². The lowest BCUT2D eigenvalue weighted by Gasteiger charge is -2.30. The van der Waals surface area contributed by atoms with Crippen molar-refractivity contribution in [3.63, 3.8) is 0 Å². The maximum atomic E-state index is 13.7. The van der Waals surface area contributed by atoms with Crippen LogP contribution in [0.5, 0.6) is 0 Å². The molecule has 0 unspecified atom stereocenters. The number of anilines is 3. The van der Waals surface area contributed by atoms with Gasteiger partial charge in [0.1, 0.15) is 9.71 Å². The van der Waals surface area contributed by atoms with E-state index in [2.05, 4.69) is 4.98 Å². The summed E-state index contributed by atoms with van der Waals surface area (Å²) in [4.78, 5) is 21.3. The first kappa shape index (κ1) is 19.9. The maximum Gasteiger partial charge on any atom is 0.417 e. The minimum absolute atomic E-state index is 0.0371. The van der Waals surface area contributed by atoms with Gasteiger partial charge in [-0.25, -0.2) is 4.98 Å². The lowest BCUT2D eigenvalue weighted by molar-refractivity contribution is -0.136. The molecule has 31 heavy (non-hydrogen) atoms. The summed E-state index contributed by atoms with van der Waals surface area (Å²) in [6.45, 7) is 1.49. The van der Waals surface area contributed by atoms with E-state index in [1.54, 1.807) is 0 Å². The number of carbonyl (C=O) groups is 1. The molecule has 0 radical (unpaired) electrons. The number of para-hydroxylation sites is 2. The second-order valence-corrected chi connectivity index (χ2v) is 9.09. The van der Waals surface area contributed by atoms with E-state index in [0.717, 1.165) is 27.2 Å². The molecule has 0 fully saturated rings. The van der Waals surface area contributed by atoms with Crippen molar-refractivity contribution in [2.24, 2.45) is 0 Å². The number of aromatic nitrogens is 1. The molecule has 9 heteroatoms. The topological polar surface area (TPSA) is 59.2 Å². The lowest BCUT2D eigenvalue weighted by atomic mass is 10.1. The van der Waals surface area contributed by atoms with Crippen LogP contribution in [0, 0.1) is 6.92 Å². The Bertz CT molecular complexity index is 1320. The van der Waals surface area contributed by atoms with Crippen molar-refractivity contribution in [2.75, 3.05) is 10.6 Å². The number of aryl methyl sites for hydroxylation is 1. The largest absolute Gasteiger partial charge is 0.417 e. The Kier molecular flexibility index (Phi) is 4.49. The Morgan fingerprint density at radius 2 is 1.61 bits per heavy atom. The molecule has 2 aromatic heterocycles. The zero-order chi connectivity index (χ0) is 21.9. The fourth-order valence-corrected chi connectivity index (χ4v) is 5.80. The highest BCUT2D eigenvalue weighted by atomic mass is 32.2. The van der Waals surface area contributed by atoms with Crippen LogP contribution in [0.15, 0.2) is 64.4 Å². The predicted molar refractivity (Wildman–Crippen MR) is 117 cm³/mol. The molecule has 1 aliphatic rings. The smallest absolute Gasteiger partial charge is 0.397 e. The van der Waals surface area contributed by atoms with Crippen molar-refractivity contribution in [2.45, 2.75) is 22.9 Å². The molecule has 3 heterocycles. The average Bonchev–Trinajstić information content (AvgIpc) is 3.06. The Balaban J connectivity index is 1.73. The quantitative estimate of drug-likeness (QED) is 0.348. The number of nitrogens with zero attached hydrogens (tertiary/aromatic N) is 2. The highest BCUT2D eigenvalue weighted by Gasteiger charge is 2.37. The first-order chi connectivity index (χ1) is 14.8. The molecular formula is C22H14F3N3OS2. The number of pyridine rings is 1. The van der Waals surface area contributed by atoms with Crippen LogP contribution in [0.1, 0.15) is 20.9 Å². The molecule has 4 aromatic rings. The second kappa shape index (κ2) is 7.00. The number of thiophene rings is 1. The molecule has 0 saturated heterocycles. The fourth-order valence-electron chi connectivity index (χ4n) is 3.65. The normalized spacial score (nSPS) is 13.2. The number of nitrogens with two attached hydrogens (primary N) is 1. The van der Waals surface area contributed by atoms with E-state index in [0.29, 0.717) is 11.4 Å². The summed E-state index contributed by atoms with van der Waals surface area (Å²) in [5.41, 5.74) is 6.61. The van der Waals surface area contributed by atoms with Crippen molar-refractivity contribution < 1.29 is 18.0 Å². The third-order valence-corrected chi connectivity index (χ3v) is 7.18. The third-order valence-electron chi connectivity index (χ3n) is 4.96. The van der Waals surface area contributed by atoms with Gasteiger partial charge >= 0.3 is 6.18 Å². The fraction of sp³-hybridized carbons (Fsp3) is 0.0909. The van der Waals surface area contributed by atoms with Crippen LogP contribution in [0.2, 0.25) is 0 Å². The molecule has 156 valence electrons. The molecule has 1 aliphatic heterocycles. The second-order valence-electron chi connectivity index (χ2n) is 7.01. The van der Waals surface area contributed by atoms with Crippen molar-refractivity contribution in [3.05, 3.63) is 70.7 Å². The zero-order valence-electron chi connectivity index (χ0n) is 16.0. The molecule has 4 nitrogen and oxygen atoms in total. The van der Waals surface area contributed by atoms with Gasteiger partial charge in [-0.3, -0.25) is 9.69 Å². The number of rotatable bonds is 1. The third kappa shape index (κ3) is 3.16. The molecular weight excluding hydrogens is 443 g/mol. The van der Waals surface area contributed by atoms with E-state index in [9.17, 15) is 18.0 Å². The van der Waals surface area contributed by atoms with Crippen LogP contribution in [-0.4, -0.2) is 10.9 Å². The first-order valence-electron chi connectivity index (χ1n) is 9.23. The predicted octanol–water partition coefficient (Wildman–Crippen LogP) is 6.65. The summed E-state index contributed by atoms with van der Waals surface area (Å²) in [6, 6.07) is 15.8. The van der Waals surface area contributed by atoms with Gasteiger partial charge in [-0.15, -0.1) is 11.3 Å². The van der Waals surface area contributed by atoms with E-state index < -0.39 is 17.6 Å². The van der Waals surface area contributed by atoms with Gasteiger partial charge < -0.3 is 5.73 Å². The Morgan fingerprint density at radius 3 is 2.19 bits per heavy atom. The van der Waals surface area contributed by atoms with E-state index in [4.69, 9.17) is 5.73 Å². The molecule has 0 spiro atoms. The molecule has 0 atom stereocenters. The average molecular weight is 458 g/mol. The maximum absolute atomic E-state index is 13.7. The zero-order valence-corrected chi connectivity index (χ0v) is 17.7. The van der Waals surface area contributed by atoms with Gasteiger partial charge in [0.2, 0.25) is 0 Å². The number of carbonyl (C=O) groups excluding carboxylic acids is 1. The van der Waals surface area contributed by atoms with Gasteiger partial charge in [0, 0.05) is 20.9 Å². The highest BCUT2D eigenvalue weighted by Crippen LogP contribution is 2.50. The van der Waals surface area contributed by atoms with Gasteiger partial charge in [-0.2, -0.15) is 13.2 Å². The van der Waals surface area contributed by atoms with Crippen molar-refractivity contribution in [3.8, 4) is 0 Å². The van der Waals surface area contributed by atoms with E-state index in [1.165, 1.54) is 23.6 Å². The summed E-state index contributed by atoms with van der Waals surface area (Å²) in [6.07, 6.45) is -4.61. The summed E-state index contributed by atoms with van der Waals surface area (Å²) in [5, 5.41) is -0.223. The van der Waals surface area contributed by atoms with Crippen LogP contribution in [0.4, 0.5) is 30.2 Å². The Labute approximate surface area is 183 Å². The standard InChI is InChI=1S/C22H14F3N3OS2/c1-11-10-12(22(23,24)25)17-18(26)19(31-20(17)27-11)21(29)28-13-6-2-4-8-15(13)30-16-9-5-3-7-14(16)28/h2-10H,26H2,1H3. The van der Waals surface area contributed by atoms with Crippen LogP contribution in [0.25, 0.3) is 10.2 Å². The summed E-state index contributed by atoms with van der Waals surface area (Å²) >= 11 is 2.42. The van der Waals surface area contributed by atoms with Gasteiger partial charge in [-0.05, 0) is 37.3 Å². The molecule has 2 N–H and O–H groups in total. The molecule has 5 rings (SSSR count). The molecule has 0 saturated carbocycles. The van der Waals surface area contributed by atoms with Crippen LogP contribution >= 0.6 is 23.1 Å². The van der Waals surface area contributed by atoms with Crippen LogP contribution < -0.4 is 10.6 Å². The number of alkyl halides is 3. The monoisotopic (exact) mass is 457 g/mol. The summed E-state index contributed by atoms with van der Waals surface area (Å²) < 4.78 is 41.0. The van der Waals surface area contributed by atoms with E-state index in [-0.39, 0.29) is 26.5 Å². The summed E-state index contributed by atoms with van der Waals surface area (Å²) in [5.74, 6) is -0.480. The molecule has 1 amide bonds. The molecule has 0 aliphatic carbocycles. The summed E-state index contributed by atoms with van der Waals surface area (Å²) in [7, 11) is 0. The molecule has 2 aromatic carbocycles. The Hall–Kier alpha value is -3.04. The minimum Gasteiger partial charge on any atom is -0.397 e. The minimum atomic E-state index is -4.61. The lowest BCUT2D eigenvalue weighted by Crippen LogP contribution is -2.28. The highest BCUT2D eigenvalue weighted by molar-refractivity contribution is 7.99. The number of hydrogen-bond acceptors (Lipinski definition) is 5. The number of benzene rings is 2. The Morgan fingerprint density at radius 1 is 1.03 bits per heavy atom. The molecule has 0 bridgehead atoms. The van der Waals surface area contributed by atoms with E-state index >= 15 is 0 Å². The van der Waals surface area contributed by atoms with Gasteiger partial charge in [0.15, 0.2) is 0 Å². The van der Waals surface area contributed by atoms with Crippen molar-refractivity contribution in [1.82, 2.24) is 4.98 Å². The SMILES string of the molecule is Cc1cc(C(F)(F)F)c2c(N)c(C(=O)N3c4ccccc4Sc4ccccc43)sc2n1. The number of fused-ring (bicyclic) bond motifs is 3. The van der Waals surface area contributed by atoms with Gasteiger partial charge in [0.05, 0.1) is 22.6 Å². The van der Waals surface area contributed by atoms with Crippen molar-refractivity contribution >= 4 is 56.3 Å². The number of amides is 1. The van der Waals surface area contributed by atoms with Crippen LogP contribution in [-0.2, 0) is 6.18 Å². The van der Waals surface area contributed by atoms with E-state index in [1.807, 2.05) is 48.5 Å². The van der Waals surface area contributed by atoms with Gasteiger partial charge in [0.25, 0.3) is 5.91 Å². The number of nitrogen functional groups attached to an aromatic ring is 1. The van der Waals surface area contributed by atoms with Crippen molar-refractivity contribution in [1.29, 1.82) is 0 Å². The first-order valence-corrected chi connectivity index (χ1v) is 10.9. The van der Waals surface area contributed by atoms with Gasteiger partial charge in [-0.1, -0.05) is 36.0 Å².